The fourth-order valence-electron chi connectivity index (χ4n) is 2.46. The van der Waals surface area contributed by atoms with E-state index >= 15 is 0 Å². The van der Waals surface area contributed by atoms with E-state index in [2.05, 4.69) is 15.0 Å². The highest BCUT2D eigenvalue weighted by Gasteiger charge is 2.37. The van der Waals surface area contributed by atoms with E-state index in [1.165, 1.54) is 26.5 Å². The lowest BCUT2D eigenvalue weighted by atomic mass is 10.1. The number of fused-ring (bicyclic) bond motifs is 1. The molecule has 1 N–H and O–H groups in total. The van der Waals surface area contributed by atoms with Gasteiger partial charge in [-0.2, -0.15) is 0 Å². The first-order valence-corrected chi connectivity index (χ1v) is 4.90. The summed E-state index contributed by atoms with van der Waals surface area (Å²) in [6.07, 6.45) is 3.26. The highest BCUT2D eigenvalue weighted by molar-refractivity contribution is 5.67. The monoisotopic (exact) mass is 184 g/mol. The van der Waals surface area contributed by atoms with E-state index in [1.807, 2.05) is 0 Å². The molecule has 1 amide bonds. The quantitative estimate of drug-likeness (QED) is 0.648. The molecule has 2 saturated heterocycles. The second-order valence-electron chi connectivity index (χ2n) is 3.78. The van der Waals surface area contributed by atoms with Crippen molar-refractivity contribution in [3.05, 3.63) is 0 Å². The van der Waals surface area contributed by atoms with Gasteiger partial charge in [0.15, 0.2) is 0 Å². The van der Waals surface area contributed by atoms with Crippen molar-refractivity contribution < 1.29 is 9.53 Å². The fraction of sp³-hybridized carbons (Fsp3) is 0.889. The lowest BCUT2D eigenvalue weighted by Crippen LogP contribution is -2.42. The Balaban J connectivity index is 1.90. The van der Waals surface area contributed by atoms with Crippen LogP contribution in [0.5, 0.6) is 0 Å². The minimum Gasteiger partial charge on any atom is -0.453 e. The highest BCUT2D eigenvalue weighted by Crippen LogP contribution is 2.27. The Morgan fingerprint density at radius 2 is 2.31 bits per heavy atom. The average molecular weight is 184 g/mol. The number of carbonyl (C=O) groups excluding carboxylic acids is 1. The minimum absolute atomic E-state index is 0.293. The summed E-state index contributed by atoms with van der Waals surface area (Å²) in [5, 5.41) is 2.90. The predicted molar refractivity (Wildman–Crippen MR) is 48.5 cm³/mol. The molecule has 2 aliphatic heterocycles. The summed E-state index contributed by atoms with van der Waals surface area (Å²) < 4.78 is 4.59. The van der Waals surface area contributed by atoms with E-state index in [0.29, 0.717) is 12.1 Å². The fourth-order valence-corrected chi connectivity index (χ4v) is 2.46. The number of amides is 1. The molecule has 4 heteroatoms. The van der Waals surface area contributed by atoms with Crippen molar-refractivity contribution in [2.45, 2.75) is 31.3 Å². The van der Waals surface area contributed by atoms with Gasteiger partial charge in [0.2, 0.25) is 0 Å². The topological polar surface area (TPSA) is 41.6 Å². The first kappa shape index (κ1) is 8.81. The second kappa shape index (κ2) is 3.54. The van der Waals surface area contributed by atoms with Gasteiger partial charge >= 0.3 is 6.09 Å². The lowest BCUT2D eigenvalue weighted by Gasteiger charge is -2.20. The largest absolute Gasteiger partial charge is 0.453 e. The van der Waals surface area contributed by atoms with Crippen LogP contribution < -0.4 is 5.32 Å². The molecule has 2 unspecified atom stereocenters. The number of rotatable bonds is 1. The zero-order valence-electron chi connectivity index (χ0n) is 7.95. The molecule has 13 heavy (non-hydrogen) atoms. The lowest BCUT2D eigenvalue weighted by molar-refractivity contribution is 0.163. The molecule has 0 aromatic rings. The summed E-state index contributed by atoms with van der Waals surface area (Å²) in [4.78, 5) is 13.5. The van der Waals surface area contributed by atoms with E-state index in [9.17, 15) is 4.79 Å². The van der Waals surface area contributed by atoms with Crippen molar-refractivity contribution in [3.8, 4) is 0 Å². The molecular weight excluding hydrogens is 168 g/mol. The van der Waals surface area contributed by atoms with Gasteiger partial charge in [-0.3, -0.25) is 4.90 Å². The number of ether oxygens (including phenoxy) is 1. The first-order chi connectivity index (χ1) is 6.31. The van der Waals surface area contributed by atoms with E-state index < -0.39 is 0 Å². The number of alkyl carbamates (subject to hydrolysis) is 1. The van der Waals surface area contributed by atoms with Gasteiger partial charge in [-0.15, -0.1) is 0 Å². The van der Waals surface area contributed by atoms with Crippen molar-refractivity contribution in [1.82, 2.24) is 10.2 Å². The van der Waals surface area contributed by atoms with Crippen LogP contribution in [-0.4, -0.2) is 43.3 Å². The third kappa shape index (κ3) is 1.63. The SMILES string of the molecule is COC(=O)NC1CCN2CCCC12. The number of nitrogens with one attached hydrogen (secondary N) is 1. The van der Waals surface area contributed by atoms with E-state index in [4.69, 9.17) is 0 Å². The van der Waals surface area contributed by atoms with E-state index in [-0.39, 0.29) is 6.09 Å². The Kier molecular flexibility index (Phi) is 2.40. The van der Waals surface area contributed by atoms with Crippen molar-refractivity contribution >= 4 is 6.09 Å². The summed E-state index contributed by atoms with van der Waals surface area (Å²) in [5.41, 5.74) is 0. The van der Waals surface area contributed by atoms with Crippen LogP contribution in [0.1, 0.15) is 19.3 Å². The Labute approximate surface area is 78.2 Å². The van der Waals surface area contributed by atoms with Gasteiger partial charge in [0.1, 0.15) is 0 Å². The van der Waals surface area contributed by atoms with Crippen molar-refractivity contribution in [2.75, 3.05) is 20.2 Å². The van der Waals surface area contributed by atoms with Crippen LogP contribution in [0, 0.1) is 0 Å². The number of carbonyl (C=O) groups is 1. The molecular formula is C9H16N2O2. The molecule has 4 nitrogen and oxygen atoms in total. The molecule has 0 radical (unpaired) electrons. The summed E-state index contributed by atoms with van der Waals surface area (Å²) in [7, 11) is 1.41. The molecule has 2 fully saturated rings. The van der Waals surface area contributed by atoms with Crippen LogP contribution in [-0.2, 0) is 4.74 Å². The van der Waals surface area contributed by atoms with Gasteiger partial charge in [-0.25, -0.2) is 4.79 Å². The summed E-state index contributed by atoms with van der Waals surface area (Å²) >= 11 is 0. The molecule has 0 aromatic carbocycles. The molecule has 2 rings (SSSR count). The van der Waals surface area contributed by atoms with Gasteiger partial charge in [0.25, 0.3) is 0 Å². The molecule has 74 valence electrons. The molecule has 2 heterocycles. The maximum atomic E-state index is 11.0. The third-order valence-electron chi connectivity index (χ3n) is 3.09. The molecule has 2 aliphatic rings. The van der Waals surface area contributed by atoms with Crippen molar-refractivity contribution in [2.24, 2.45) is 0 Å². The first-order valence-electron chi connectivity index (χ1n) is 4.90. The van der Waals surface area contributed by atoms with Gasteiger partial charge in [-0.05, 0) is 25.8 Å². The normalized spacial score (nSPS) is 33.0. The smallest absolute Gasteiger partial charge is 0.407 e. The van der Waals surface area contributed by atoms with Crippen LogP contribution in [0.4, 0.5) is 4.79 Å². The number of nitrogens with zero attached hydrogens (tertiary/aromatic N) is 1. The second-order valence-corrected chi connectivity index (χ2v) is 3.78. The maximum Gasteiger partial charge on any atom is 0.407 e. The Morgan fingerprint density at radius 3 is 3.08 bits per heavy atom. The zero-order valence-corrected chi connectivity index (χ0v) is 7.95. The number of methoxy groups -OCH3 is 1. The molecule has 0 spiro atoms. The van der Waals surface area contributed by atoms with Crippen molar-refractivity contribution in [1.29, 1.82) is 0 Å². The summed E-state index contributed by atoms with van der Waals surface area (Å²) in [5.74, 6) is 0. The Hall–Kier alpha value is -0.770. The minimum atomic E-state index is -0.293. The highest BCUT2D eigenvalue weighted by atomic mass is 16.5. The van der Waals surface area contributed by atoms with Crippen LogP contribution >= 0.6 is 0 Å². The van der Waals surface area contributed by atoms with Gasteiger partial charge < -0.3 is 10.1 Å². The maximum absolute atomic E-state index is 11.0. The van der Waals surface area contributed by atoms with Crippen molar-refractivity contribution in [3.63, 3.8) is 0 Å². The molecule has 0 bridgehead atoms. The standard InChI is InChI=1S/C9H16N2O2/c1-13-9(12)10-7-4-6-11-5-2-3-8(7)11/h7-8H,2-6H2,1H3,(H,10,12). The molecule has 0 saturated carbocycles. The van der Waals surface area contributed by atoms with Crippen LogP contribution in [0.25, 0.3) is 0 Å². The predicted octanol–water partition coefficient (Wildman–Crippen LogP) is 0.579. The van der Waals surface area contributed by atoms with Crippen LogP contribution in [0.3, 0.4) is 0 Å². The zero-order chi connectivity index (χ0) is 9.26. The van der Waals surface area contributed by atoms with Gasteiger partial charge in [0, 0.05) is 18.6 Å². The number of hydrogen-bond donors (Lipinski definition) is 1. The molecule has 2 atom stereocenters. The van der Waals surface area contributed by atoms with Gasteiger partial charge in [0.05, 0.1) is 7.11 Å². The number of hydrogen-bond acceptors (Lipinski definition) is 3. The Morgan fingerprint density at radius 1 is 1.46 bits per heavy atom. The average Bonchev–Trinajstić information content (AvgIpc) is 2.69. The summed E-state index contributed by atoms with van der Waals surface area (Å²) in [6.45, 7) is 2.32. The van der Waals surface area contributed by atoms with E-state index in [1.54, 1.807) is 0 Å². The Bertz CT molecular complexity index is 208. The molecule has 0 aliphatic carbocycles. The van der Waals surface area contributed by atoms with E-state index in [0.717, 1.165) is 13.0 Å². The van der Waals surface area contributed by atoms with Crippen LogP contribution in [0.2, 0.25) is 0 Å². The summed E-state index contributed by atoms with van der Waals surface area (Å²) in [6, 6.07) is 0.883. The van der Waals surface area contributed by atoms with Crippen LogP contribution in [0.15, 0.2) is 0 Å². The van der Waals surface area contributed by atoms with Gasteiger partial charge in [-0.1, -0.05) is 0 Å². The third-order valence-corrected chi connectivity index (χ3v) is 3.09. The molecule has 0 aromatic heterocycles.